The molecule has 0 aliphatic rings. The summed E-state index contributed by atoms with van der Waals surface area (Å²) in [5.74, 6) is 3.51. The van der Waals surface area contributed by atoms with E-state index in [2.05, 4.69) is 107 Å². The standard InChI is InChI=1S/C30H47O3P/c1-17(2)23-13-25(19(5)6)29(26(14-23)20(7)8)32-34(31)33-30-27(21(9)10)15-24(18(3)4)16-28(30)22(11)12/h13-22,31H,1-12H3. The quantitative estimate of drug-likeness (QED) is 0.339. The van der Waals surface area contributed by atoms with Gasteiger partial charge in [0.25, 0.3) is 0 Å². The summed E-state index contributed by atoms with van der Waals surface area (Å²) in [4.78, 5) is 11.2. The van der Waals surface area contributed by atoms with Gasteiger partial charge in [0.2, 0.25) is 0 Å². The summed E-state index contributed by atoms with van der Waals surface area (Å²) >= 11 is 0. The van der Waals surface area contributed by atoms with Crippen molar-refractivity contribution in [2.24, 2.45) is 0 Å². The molecular weight excluding hydrogens is 439 g/mol. The average Bonchev–Trinajstić information content (AvgIpc) is 2.72. The fraction of sp³-hybridized carbons (Fsp3) is 0.600. The zero-order chi connectivity index (χ0) is 25.9. The summed E-state index contributed by atoms with van der Waals surface area (Å²) in [7, 11) is -2.15. The summed E-state index contributed by atoms with van der Waals surface area (Å²) in [5, 5.41) is 0. The first-order chi connectivity index (χ1) is 15.7. The predicted octanol–water partition coefficient (Wildman–Crippen LogP) is 10.1. The Balaban J connectivity index is 2.55. The van der Waals surface area contributed by atoms with E-state index < -0.39 is 8.60 Å². The molecule has 0 unspecified atom stereocenters. The van der Waals surface area contributed by atoms with Crippen molar-refractivity contribution in [3.8, 4) is 11.5 Å². The molecule has 0 saturated heterocycles. The van der Waals surface area contributed by atoms with E-state index in [9.17, 15) is 4.89 Å². The lowest BCUT2D eigenvalue weighted by molar-refractivity contribution is 0.372. The van der Waals surface area contributed by atoms with Gasteiger partial charge >= 0.3 is 8.60 Å². The smallest absolute Gasteiger partial charge is 0.417 e. The highest BCUT2D eigenvalue weighted by Crippen LogP contribution is 2.48. The van der Waals surface area contributed by atoms with Crippen molar-refractivity contribution in [3.05, 3.63) is 57.6 Å². The highest BCUT2D eigenvalue weighted by Gasteiger charge is 2.26. The molecule has 0 aromatic heterocycles. The Labute approximate surface area is 210 Å². The van der Waals surface area contributed by atoms with Gasteiger partial charge in [0, 0.05) is 0 Å². The lowest BCUT2D eigenvalue weighted by Crippen LogP contribution is -2.08. The van der Waals surface area contributed by atoms with Gasteiger partial charge in [-0.1, -0.05) is 107 Å². The minimum absolute atomic E-state index is 0.275. The van der Waals surface area contributed by atoms with E-state index >= 15 is 0 Å². The lowest BCUT2D eigenvalue weighted by Gasteiger charge is -2.26. The van der Waals surface area contributed by atoms with Gasteiger partial charge in [-0.2, -0.15) is 0 Å². The Bertz CT molecular complexity index is 822. The third-order valence-corrected chi connectivity index (χ3v) is 7.18. The van der Waals surface area contributed by atoms with Gasteiger partial charge in [-0.05, 0) is 68.9 Å². The topological polar surface area (TPSA) is 38.7 Å². The van der Waals surface area contributed by atoms with Gasteiger partial charge < -0.3 is 13.9 Å². The molecule has 2 rings (SSSR count). The number of hydrogen-bond donors (Lipinski definition) is 1. The van der Waals surface area contributed by atoms with Crippen molar-refractivity contribution in [2.45, 2.75) is 119 Å². The van der Waals surface area contributed by atoms with Crippen LogP contribution in [0.5, 0.6) is 11.5 Å². The van der Waals surface area contributed by atoms with Crippen LogP contribution in [-0.2, 0) is 0 Å². The predicted molar refractivity (Wildman–Crippen MR) is 148 cm³/mol. The lowest BCUT2D eigenvalue weighted by atomic mass is 9.88. The van der Waals surface area contributed by atoms with Crippen LogP contribution in [0.25, 0.3) is 0 Å². The van der Waals surface area contributed by atoms with Gasteiger partial charge in [-0.25, -0.2) is 0 Å². The SMILES string of the molecule is CC(C)c1cc(C(C)C)c(OP(O)Oc2c(C(C)C)cc(C(C)C)cc2C(C)C)c(C(C)C)c1. The van der Waals surface area contributed by atoms with Crippen LogP contribution in [0.4, 0.5) is 0 Å². The molecule has 190 valence electrons. The van der Waals surface area contributed by atoms with E-state index in [1.807, 2.05) is 0 Å². The van der Waals surface area contributed by atoms with Crippen molar-refractivity contribution in [2.75, 3.05) is 0 Å². The first kappa shape index (κ1) is 28.7. The Kier molecular flexibility index (Phi) is 10.0. The van der Waals surface area contributed by atoms with Crippen LogP contribution in [0.1, 0.15) is 152 Å². The molecular formula is C30H47O3P. The van der Waals surface area contributed by atoms with Crippen molar-refractivity contribution in [3.63, 3.8) is 0 Å². The van der Waals surface area contributed by atoms with Crippen LogP contribution in [0.3, 0.4) is 0 Å². The average molecular weight is 487 g/mol. The molecule has 0 heterocycles. The molecule has 0 atom stereocenters. The number of hydrogen-bond acceptors (Lipinski definition) is 3. The van der Waals surface area contributed by atoms with Crippen LogP contribution in [0.2, 0.25) is 0 Å². The first-order valence-electron chi connectivity index (χ1n) is 12.9. The van der Waals surface area contributed by atoms with Gasteiger partial charge in [0.05, 0.1) is 0 Å². The maximum Gasteiger partial charge on any atom is 0.460 e. The van der Waals surface area contributed by atoms with Crippen molar-refractivity contribution >= 4 is 8.60 Å². The molecule has 0 fully saturated rings. The maximum absolute atomic E-state index is 11.2. The number of benzene rings is 2. The molecule has 1 N–H and O–H groups in total. The third-order valence-electron chi connectivity index (χ3n) is 6.50. The third kappa shape index (κ3) is 6.76. The fourth-order valence-electron chi connectivity index (χ4n) is 4.16. The number of rotatable bonds is 10. The highest BCUT2D eigenvalue weighted by molar-refractivity contribution is 7.41. The largest absolute Gasteiger partial charge is 0.460 e. The van der Waals surface area contributed by atoms with Gasteiger partial charge in [-0.15, -0.1) is 0 Å². The molecule has 3 nitrogen and oxygen atoms in total. The molecule has 0 aliphatic carbocycles. The molecule has 0 saturated carbocycles. The van der Waals surface area contributed by atoms with Gasteiger partial charge in [0.1, 0.15) is 11.5 Å². The minimum Gasteiger partial charge on any atom is -0.417 e. The highest BCUT2D eigenvalue weighted by atomic mass is 31.2. The summed E-state index contributed by atoms with van der Waals surface area (Å²) in [6.45, 7) is 26.3. The fourth-order valence-corrected chi connectivity index (χ4v) is 4.94. The van der Waals surface area contributed by atoms with Gasteiger partial charge in [-0.3, -0.25) is 0 Å². The normalized spacial score (nSPS) is 12.4. The maximum atomic E-state index is 11.2. The second-order valence-corrected chi connectivity index (χ2v) is 12.2. The zero-order valence-electron chi connectivity index (χ0n) is 23.5. The Morgan fingerprint density at radius 1 is 0.471 bits per heavy atom. The van der Waals surface area contributed by atoms with E-state index in [1.54, 1.807) is 0 Å². The van der Waals surface area contributed by atoms with E-state index in [1.165, 1.54) is 11.1 Å². The van der Waals surface area contributed by atoms with E-state index in [0.717, 1.165) is 33.8 Å². The summed E-state index contributed by atoms with van der Waals surface area (Å²) in [6.07, 6.45) is 0. The van der Waals surface area contributed by atoms with Crippen LogP contribution in [0.15, 0.2) is 24.3 Å². The second kappa shape index (κ2) is 11.9. The van der Waals surface area contributed by atoms with Crippen LogP contribution in [0, 0.1) is 0 Å². The summed E-state index contributed by atoms with van der Waals surface area (Å²) in [5.41, 5.74) is 7.12. The monoisotopic (exact) mass is 486 g/mol. The Hall–Kier alpha value is -1.57. The molecule has 4 heteroatoms. The molecule has 0 radical (unpaired) electrons. The summed E-state index contributed by atoms with van der Waals surface area (Å²) in [6, 6.07) is 8.93. The van der Waals surface area contributed by atoms with Crippen LogP contribution < -0.4 is 9.05 Å². The van der Waals surface area contributed by atoms with Crippen molar-refractivity contribution < 1.29 is 13.9 Å². The van der Waals surface area contributed by atoms with Crippen molar-refractivity contribution in [1.29, 1.82) is 0 Å². The zero-order valence-corrected chi connectivity index (χ0v) is 24.4. The van der Waals surface area contributed by atoms with E-state index in [-0.39, 0.29) is 23.7 Å². The summed E-state index contributed by atoms with van der Waals surface area (Å²) < 4.78 is 12.6. The van der Waals surface area contributed by atoms with E-state index in [0.29, 0.717) is 11.8 Å². The molecule has 0 bridgehead atoms. The van der Waals surface area contributed by atoms with Crippen molar-refractivity contribution in [1.82, 2.24) is 0 Å². The second-order valence-electron chi connectivity index (χ2n) is 11.4. The molecule has 2 aromatic rings. The molecule has 0 spiro atoms. The van der Waals surface area contributed by atoms with Gasteiger partial charge in [0.15, 0.2) is 0 Å². The van der Waals surface area contributed by atoms with E-state index in [4.69, 9.17) is 9.05 Å². The Morgan fingerprint density at radius 2 is 0.706 bits per heavy atom. The molecule has 34 heavy (non-hydrogen) atoms. The molecule has 2 aromatic carbocycles. The Morgan fingerprint density at radius 3 is 0.882 bits per heavy atom. The minimum atomic E-state index is -2.15. The first-order valence-corrected chi connectivity index (χ1v) is 14.1. The van der Waals surface area contributed by atoms with Crippen LogP contribution >= 0.6 is 8.60 Å². The molecule has 0 aliphatic heterocycles. The molecule has 0 amide bonds. The van der Waals surface area contributed by atoms with Crippen LogP contribution in [-0.4, -0.2) is 4.89 Å².